The predicted octanol–water partition coefficient (Wildman–Crippen LogP) is 8.08. The number of amides is 1. The van der Waals surface area contributed by atoms with E-state index in [1.165, 1.54) is 11.1 Å². The smallest absolute Gasteiger partial charge is 0.242 e. The van der Waals surface area contributed by atoms with E-state index in [2.05, 4.69) is 46.6 Å². The van der Waals surface area contributed by atoms with E-state index in [0.717, 1.165) is 63.2 Å². The molecule has 2 unspecified atom stereocenters. The second-order valence-electron chi connectivity index (χ2n) is 9.81. The van der Waals surface area contributed by atoms with Crippen LogP contribution < -0.4 is 10.1 Å². The van der Waals surface area contributed by atoms with Crippen molar-refractivity contribution in [1.29, 1.82) is 0 Å². The minimum atomic E-state index is -0.543. The molecule has 0 bridgehead atoms. The van der Waals surface area contributed by atoms with Gasteiger partial charge in [-0.2, -0.15) is 0 Å². The van der Waals surface area contributed by atoms with Crippen LogP contribution in [0, 0.1) is 0 Å². The summed E-state index contributed by atoms with van der Waals surface area (Å²) in [6.07, 6.45) is 5.53. The zero-order chi connectivity index (χ0) is 26.0. The number of nitrogens with one attached hydrogen (secondary N) is 1. The molecule has 1 saturated heterocycles. The van der Waals surface area contributed by atoms with Crippen molar-refractivity contribution in [3.8, 4) is 5.75 Å². The van der Waals surface area contributed by atoms with E-state index in [1.807, 2.05) is 42.5 Å². The van der Waals surface area contributed by atoms with Gasteiger partial charge in [0.2, 0.25) is 5.91 Å². The van der Waals surface area contributed by atoms with Gasteiger partial charge in [-0.1, -0.05) is 54.1 Å². The van der Waals surface area contributed by atoms with Crippen molar-refractivity contribution in [2.24, 2.45) is 0 Å². The number of piperidine rings is 1. The Morgan fingerprint density at radius 3 is 2.43 bits per heavy atom. The van der Waals surface area contributed by atoms with E-state index < -0.39 is 5.38 Å². The maximum Gasteiger partial charge on any atom is 0.242 e. The van der Waals surface area contributed by atoms with E-state index in [0.29, 0.717) is 10.9 Å². The third kappa shape index (κ3) is 8.49. The van der Waals surface area contributed by atoms with Crippen molar-refractivity contribution in [3.05, 3.63) is 95.0 Å². The van der Waals surface area contributed by atoms with Crippen molar-refractivity contribution in [3.63, 3.8) is 0 Å². The molecule has 0 spiro atoms. The number of hydrogen-bond acceptors (Lipinski definition) is 3. The Labute approximate surface area is 230 Å². The van der Waals surface area contributed by atoms with Gasteiger partial charge in [-0.3, -0.25) is 4.79 Å². The lowest BCUT2D eigenvalue weighted by Crippen LogP contribution is -2.33. The highest BCUT2D eigenvalue weighted by Crippen LogP contribution is 2.31. The van der Waals surface area contributed by atoms with E-state index >= 15 is 0 Å². The normalized spacial score (nSPS) is 16.2. The van der Waals surface area contributed by atoms with Crippen molar-refractivity contribution in [2.45, 2.75) is 56.4 Å². The molecule has 1 aliphatic heterocycles. The van der Waals surface area contributed by atoms with Gasteiger partial charge in [0.15, 0.2) is 0 Å². The molecule has 4 nitrogen and oxygen atoms in total. The number of nitrogens with zero attached hydrogens (tertiary/aromatic N) is 1. The number of alkyl halides is 1. The zero-order valence-corrected chi connectivity index (χ0v) is 22.9. The summed E-state index contributed by atoms with van der Waals surface area (Å²) in [7, 11) is 0. The number of hydrogen-bond donors (Lipinski definition) is 1. The monoisotopic (exact) mass is 538 g/mol. The summed E-state index contributed by atoms with van der Waals surface area (Å²) in [5.41, 5.74) is 3.33. The van der Waals surface area contributed by atoms with E-state index in [4.69, 9.17) is 27.9 Å². The van der Waals surface area contributed by atoms with Crippen LogP contribution in [0.25, 0.3) is 0 Å². The van der Waals surface area contributed by atoms with Crippen molar-refractivity contribution in [1.82, 2.24) is 4.90 Å². The zero-order valence-electron chi connectivity index (χ0n) is 21.4. The Kier molecular flexibility index (Phi) is 10.3. The fourth-order valence-electron chi connectivity index (χ4n) is 4.91. The van der Waals surface area contributed by atoms with Crippen LogP contribution in [0.5, 0.6) is 5.75 Å². The molecule has 3 aromatic rings. The molecule has 0 saturated carbocycles. The maximum atomic E-state index is 11.9. The SMILES string of the molecule is CC(Cl)C(=O)Nc1cccc(C2CCN(CCCCC(Oc3ccc(Cl)cc3)c3ccccc3)CC2)c1. The van der Waals surface area contributed by atoms with Gasteiger partial charge in [-0.25, -0.2) is 0 Å². The number of benzene rings is 3. The van der Waals surface area contributed by atoms with E-state index in [-0.39, 0.29) is 12.0 Å². The molecular formula is C31H36Cl2N2O2. The Morgan fingerprint density at radius 1 is 1.00 bits per heavy atom. The lowest BCUT2D eigenvalue weighted by Gasteiger charge is -2.32. The van der Waals surface area contributed by atoms with Gasteiger partial charge in [0.05, 0.1) is 0 Å². The number of halogens is 2. The summed E-state index contributed by atoms with van der Waals surface area (Å²) in [5, 5.41) is 3.08. The average Bonchev–Trinajstić information content (AvgIpc) is 2.92. The molecule has 0 aliphatic carbocycles. The number of ether oxygens (including phenoxy) is 1. The van der Waals surface area contributed by atoms with Gasteiger partial charge < -0.3 is 15.0 Å². The largest absolute Gasteiger partial charge is 0.486 e. The predicted molar refractivity (Wildman–Crippen MR) is 154 cm³/mol. The van der Waals surface area contributed by atoms with Gasteiger partial charge in [-0.15, -0.1) is 11.6 Å². The molecule has 6 heteroatoms. The van der Waals surface area contributed by atoms with Gasteiger partial charge in [-0.05, 0) is 112 Å². The quantitative estimate of drug-likeness (QED) is 0.198. The summed E-state index contributed by atoms with van der Waals surface area (Å²) in [5.74, 6) is 1.21. The summed E-state index contributed by atoms with van der Waals surface area (Å²) in [6, 6.07) is 26.3. The summed E-state index contributed by atoms with van der Waals surface area (Å²) in [6.45, 7) is 5.00. The molecule has 1 N–H and O–H groups in total. The van der Waals surface area contributed by atoms with Gasteiger partial charge in [0.25, 0.3) is 0 Å². The van der Waals surface area contributed by atoms with Gasteiger partial charge in [0.1, 0.15) is 17.2 Å². The van der Waals surface area contributed by atoms with E-state index in [1.54, 1.807) is 6.92 Å². The Balaban J connectivity index is 1.23. The third-order valence-corrected chi connectivity index (χ3v) is 7.48. The Morgan fingerprint density at radius 2 is 1.73 bits per heavy atom. The molecule has 1 heterocycles. The highest BCUT2D eigenvalue weighted by Gasteiger charge is 2.21. The molecule has 4 rings (SSSR count). The Hall–Kier alpha value is -2.53. The van der Waals surface area contributed by atoms with Crippen LogP contribution in [0.2, 0.25) is 5.02 Å². The summed E-state index contributed by atoms with van der Waals surface area (Å²) < 4.78 is 6.35. The second kappa shape index (κ2) is 13.9. The minimum Gasteiger partial charge on any atom is -0.486 e. The molecule has 1 aliphatic rings. The molecule has 196 valence electrons. The number of carbonyl (C=O) groups excluding carboxylic acids is 1. The lowest BCUT2D eigenvalue weighted by atomic mass is 9.89. The first-order valence-electron chi connectivity index (χ1n) is 13.2. The van der Waals surface area contributed by atoms with Gasteiger partial charge >= 0.3 is 0 Å². The van der Waals surface area contributed by atoms with E-state index in [9.17, 15) is 4.79 Å². The highest BCUT2D eigenvalue weighted by molar-refractivity contribution is 6.32. The average molecular weight is 540 g/mol. The third-order valence-electron chi connectivity index (χ3n) is 7.03. The lowest BCUT2D eigenvalue weighted by molar-refractivity contribution is -0.115. The molecule has 0 aromatic heterocycles. The first-order valence-corrected chi connectivity index (χ1v) is 14.0. The second-order valence-corrected chi connectivity index (χ2v) is 10.9. The number of unbranched alkanes of at least 4 members (excludes halogenated alkanes) is 1. The molecule has 1 amide bonds. The molecule has 2 atom stereocenters. The number of anilines is 1. The minimum absolute atomic E-state index is 0.0302. The molecular weight excluding hydrogens is 503 g/mol. The highest BCUT2D eigenvalue weighted by atomic mass is 35.5. The van der Waals surface area contributed by atoms with Crippen LogP contribution in [0.4, 0.5) is 5.69 Å². The van der Waals surface area contributed by atoms with Crippen LogP contribution in [0.1, 0.15) is 62.2 Å². The summed E-state index contributed by atoms with van der Waals surface area (Å²) >= 11 is 11.9. The van der Waals surface area contributed by atoms with Crippen LogP contribution in [-0.4, -0.2) is 35.8 Å². The maximum absolute atomic E-state index is 11.9. The molecule has 37 heavy (non-hydrogen) atoms. The number of carbonyl (C=O) groups is 1. The fourth-order valence-corrected chi connectivity index (χ4v) is 5.09. The number of likely N-dealkylation sites (tertiary alicyclic amines) is 1. The topological polar surface area (TPSA) is 41.6 Å². The summed E-state index contributed by atoms with van der Waals surface area (Å²) in [4.78, 5) is 14.5. The number of rotatable bonds is 11. The van der Waals surface area contributed by atoms with Crippen molar-refractivity contribution < 1.29 is 9.53 Å². The first kappa shape index (κ1) is 27.5. The van der Waals surface area contributed by atoms with Crippen molar-refractivity contribution in [2.75, 3.05) is 25.0 Å². The van der Waals surface area contributed by atoms with Crippen molar-refractivity contribution >= 4 is 34.8 Å². The standard InChI is InChI=1S/C31H36Cl2N2O2/c1-23(32)31(36)34-28-11-7-10-26(22-28)24-17-20-35(21-18-24)19-6-5-12-30(25-8-3-2-4-9-25)37-29-15-13-27(33)14-16-29/h2-4,7-11,13-16,22-24,30H,5-6,12,17-21H2,1H3,(H,34,36). The molecule has 1 fully saturated rings. The van der Waals surface area contributed by atoms with Crippen LogP contribution in [0.15, 0.2) is 78.9 Å². The van der Waals surface area contributed by atoms with Crippen LogP contribution >= 0.6 is 23.2 Å². The molecule has 3 aromatic carbocycles. The van der Waals surface area contributed by atoms with Gasteiger partial charge in [0, 0.05) is 10.7 Å². The molecule has 0 radical (unpaired) electrons. The Bertz CT molecular complexity index is 1110. The fraction of sp³-hybridized carbons (Fsp3) is 0.387. The van der Waals surface area contributed by atoms with Crippen LogP contribution in [0.3, 0.4) is 0 Å². The van der Waals surface area contributed by atoms with Crippen LogP contribution in [-0.2, 0) is 4.79 Å². The first-order chi connectivity index (χ1) is 18.0.